The molecule has 0 radical (unpaired) electrons. The Kier molecular flexibility index (Phi) is 11.0. The lowest BCUT2D eigenvalue weighted by atomic mass is 10.3. The van der Waals surface area contributed by atoms with Crippen LogP contribution in [-0.2, 0) is 23.9 Å². The van der Waals surface area contributed by atoms with Crippen LogP contribution in [0.1, 0.15) is 12.8 Å². The molecule has 0 saturated heterocycles. The number of hydrazine groups is 1. The smallest absolute Gasteiger partial charge is 0.306 e. The first kappa shape index (κ1) is 23.1. The highest BCUT2D eigenvalue weighted by Crippen LogP contribution is 2.25. The summed E-state index contributed by atoms with van der Waals surface area (Å²) in [5, 5.41) is 2.20. The molecule has 10 nitrogen and oxygen atoms in total. The maximum Gasteiger partial charge on any atom is 0.306 e. The minimum absolute atomic E-state index is 0.0999. The van der Waals surface area contributed by atoms with Crippen LogP contribution in [0.15, 0.2) is 24.3 Å². The van der Waals surface area contributed by atoms with E-state index in [4.69, 9.17) is 31.2 Å². The summed E-state index contributed by atoms with van der Waals surface area (Å²) >= 11 is 4.88. The fraction of sp³-hybridized carbons (Fsp3) is 0.412. The van der Waals surface area contributed by atoms with Gasteiger partial charge in [-0.3, -0.25) is 25.2 Å². The topological polar surface area (TPSA) is 124 Å². The lowest BCUT2D eigenvalue weighted by molar-refractivity contribution is -0.146. The number of amides is 2. The number of esters is 1. The summed E-state index contributed by atoms with van der Waals surface area (Å²) in [5.41, 5.74) is 4.64. The number of thiocarbonyl (C=S) groups is 1. The summed E-state index contributed by atoms with van der Waals surface area (Å²) in [6.45, 7) is 0.115. The Morgan fingerprint density at radius 2 is 1.68 bits per heavy atom. The predicted molar refractivity (Wildman–Crippen MR) is 103 cm³/mol. The first-order valence-corrected chi connectivity index (χ1v) is 8.66. The minimum Gasteiger partial charge on any atom is -0.493 e. The van der Waals surface area contributed by atoms with E-state index in [9.17, 15) is 14.4 Å². The number of benzene rings is 1. The van der Waals surface area contributed by atoms with Crippen LogP contribution in [-0.4, -0.2) is 56.9 Å². The van der Waals surface area contributed by atoms with Gasteiger partial charge >= 0.3 is 5.97 Å². The van der Waals surface area contributed by atoms with Crippen LogP contribution in [0.2, 0.25) is 0 Å². The summed E-state index contributed by atoms with van der Waals surface area (Å²) in [5.74, 6) is -0.641. The fourth-order valence-corrected chi connectivity index (χ4v) is 1.96. The number of methoxy groups -OCH3 is 2. The van der Waals surface area contributed by atoms with Crippen molar-refractivity contribution in [1.29, 1.82) is 0 Å². The predicted octanol–water partition coefficient (Wildman–Crippen LogP) is 0.0657. The van der Waals surface area contributed by atoms with E-state index in [0.29, 0.717) is 11.5 Å². The van der Waals surface area contributed by atoms with Crippen molar-refractivity contribution in [1.82, 2.24) is 16.2 Å². The Balaban J connectivity index is 2.21. The molecule has 2 amide bonds. The molecule has 1 aromatic rings. The minimum atomic E-state index is -0.524. The van der Waals surface area contributed by atoms with Crippen LogP contribution >= 0.6 is 12.2 Å². The second-order valence-corrected chi connectivity index (χ2v) is 5.61. The zero-order chi connectivity index (χ0) is 20.8. The number of carbonyl (C=O) groups excluding carboxylic acids is 3. The van der Waals surface area contributed by atoms with Crippen LogP contribution in [0.3, 0.4) is 0 Å². The molecular formula is C17H23N3O7S. The van der Waals surface area contributed by atoms with E-state index < -0.39 is 17.8 Å². The van der Waals surface area contributed by atoms with Gasteiger partial charge in [-0.25, -0.2) is 0 Å². The van der Waals surface area contributed by atoms with Crippen molar-refractivity contribution < 1.29 is 33.3 Å². The highest BCUT2D eigenvalue weighted by atomic mass is 32.1. The van der Waals surface area contributed by atoms with Gasteiger partial charge in [0.25, 0.3) is 5.91 Å². The molecule has 3 N–H and O–H groups in total. The molecule has 0 unspecified atom stereocenters. The first-order chi connectivity index (χ1) is 13.5. The summed E-state index contributed by atoms with van der Waals surface area (Å²) in [6, 6.07) is 6.87. The van der Waals surface area contributed by atoms with Crippen molar-refractivity contribution in [3.63, 3.8) is 0 Å². The van der Waals surface area contributed by atoms with Crippen molar-refractivity contribution in [2.24, 2.45) is 0 Å². The highest BCUT2D eigenvalue weighted by Gasteiger charge is 2.11. The molecule has 28 heavy (non-hydrogen) atoms. The average molecular weight is 413 g/mol. The van der Waals surface area contributed by atoms with Gasteiger partial charge < -0.3 is 24.3 Å². The van der Waals surface area contributed by atoms with Crippen LogP contribution in [0, 0.1) is 0 Å². The Bertz CT molecular complexity index is 684. The fourth-order valence-electron chi connectivity index (χ4n) is 1.79. The van der Waals surface area contributed by atoms with Gasteiger partial charge in [-0.05, 0) is 24.4 Å². The van der Waals surface area contributed by atoms with E-state index in [1.165, 1.54) is 14.2 Å². The first-order valence-electron chi connectivity index (χ1n) is 8.25. The molecule has 154 valence electrons. The van der Waals surface area contributed by atoms with E-state index >= 15 is 0 Å². The van der Waals surface area contributed by atoms with Crippen molar-refractivity contribution in [2.45, 2.75) is 12.8 Å². The van der Waals surface area contributed by atoms with E-state index in [1.54, 1.807) is 24.3 Å². The Morgan fingerprint density at radius 1 is 0.964 bits per heavy atom. The maximum atomic E-state index is 11.8. The number of carbonyl (C=O) groups is 3. The van der Waals surface area contributed by atoms with Gasteiger partial charge in [0.05, 0.1) is 20.1 Å². The zero-order valence-corrected chi connectivity index (χ0v) is 16.4. The quantitative estimate of drug-likeness (QED) is 0.211. The number of nitrogens with one attached hydrogen (secondary N) is 3. The monoisotopic (exact) mass is 413 g/mol. The molecule has 0 aromatic heterocycles. The van der Waals surface area contributed by atoms with E-state index in [2.05, 4.69) is 16.2 Å². The van der Waals surface area contributed by atoms with Gasteiger partial charge in [-0.15, -0.1) is 0 Å². The maximum absolute atomic E-state index is 11.8. The lowest BCUT2D eigenvalue weighted by Crippen LogP contribution is -2.49. The van der Waals surface area contributed by atoms with Crippen LogP contribution < -0.4 is 25.6 Å². The van der Waals surface area contributed by atoms with E-state index in [-0.39, 0.29) is 37.8 Å². The third kappa shape index (κ3) is 9.69. The van der Waals surface area contributed by atoms with Gasteiger partial charge in [0.2, 0.25) is 5.91 Å². The SMILES string of the molecule is COCCOC(=O)CCC(=O)NC(=S)NNC(=O)COc1ccccc1OC. The molecule has 0 aliphatic heterocycles. The van der Waals surface area contributed by atoms with Crippen molar-refractivity contribution in [2.75, 3.05) is 34.0 Å². The van der Waals surface area contributed by atoms with Gasteiger partial charge in [0.15, 0.2) is 23.2 Å². The number of para-hydroxylation sites is 2. The van der Waals surface area contributed by atoms with Crippen LogP contribution in [0.5, 0.6) is 11.5 Å². The summed E-state index contributed by atoms with van der Waals surface area (Å²) in [6.07, 6.45) is -0.213. The Hall–Kier alpha value is -2.92. The number of rotatable bonds is 10. The Morgan fingerprint density at radius 3 is 2.36 bits per heavy atom. The average Bonchev–Trinajstić information content (AvgIpc) is 2.69. The standard InChI is InChI=1S/C17H23N3O7S/c1-24-9-10-26-16(23)8-7-14(21)18-17(28)20-19-15(22)11-27-13-6-4-3-5-12(13)25-2/h3-6H,7-11H2,1-2H3,(H,19,22)(H2,18,20,21,28). The molecule has 0 saturated carbocycles. The summed E-state index contributed by atoms with van der Waals surface area (Å²) in [4.78, 5) is 34.8. The highest BCUT2D eigenvalue weighted by molar-refractivity contribution is 7.80. The van der Waals surface area contributed by atoms with E-state index in [1.807, 2.05) is 0 Å². The summed E-state index contributed by atoms with van der Waals surface area (Å²) < 4.78 is 20.0. The van der Waals surface area contributed by atoms with Crippen molar-refractivity contribution >= 4 is 35.1 Å². The molecule has 0 atom stereocenters. The summed E-state index contributed by atoms with van der Waals surface area (Å²) in [7, 11) is 2.98. The number of hydrogen-bond acceptors (Lipinski definition) is 8. The molecule has 0 fully saturated rings. The largest absolute Gasteiger partial charge is 0.493 e. The van der Waals surface area contributed by atoms with E-state index in [0.717, 1.165) is 0 Å². The normalized spacial score (nSPS) is 9.79. The van der Waals surface area contributed by atoms with Crippen LogP contribution in [0.4, 0.5) is 0 Å². The number of hydrogen-bond donors (Lipinski definition) is 3. The Labute approximate surface area is 167 Å². The van der Waals surface area contributed by atoms with Gasteiger partial charge in [0, 0.05) is 13.5 Å². The molecule has 11 heteroatoms. The third-order valence-corrected chi connectivity index (χ3v) is 3.31. The van der Waals surface area contributed by atoms with Crippen molar-refractivity contribution in [3.8, 4) is 11.5 Å². The van der Waals surface area contributed by atoms with Gasteiger partial charge in [-0.2, -0.15) is 0 Å². The molecule has 0 spiro atoms. The van der Waals surface area contributed by atoms with Crippen molar-refractivity contribution in [3.05, 3.63) is 24.3 Å². The molecule has 0 aliphatic rings. The second kappa shape index (κ2) is 13.3. The van der Waals surface area contributed by atoms with Gasteiger partial charge in [0.1, 0.15) is 6.61 Å². The molecule has 1 aromatic carbocycles. The second-order valence-electron chi connectivity index (χ2n) is 5.20. The molecule has 0 aliphatic carbocycles. The zero-order valence-electron chi connectivity index (χ0n) is 15.6. The third-order valence-electron chi connectivity index (χ3n) is 3.10. The van der Waals surface area contributed by atoms with Crippen LogP contribution in [0.25, 0.3) is 0 Å². The molecular weight excluding hydrogens is 390 g/mol. The van der Waals surface area contributed by atoms with Gasteiger partial charge in [-0.1, -0.05) is 12.1 Å². The lowest BCUT2D eigenvalue weighted by Gasteiger charge is -2.12. The molecule has 0 bridgehead atoms. The molecule has 1 rings (SSSR count). The molecule has 0 heterocycles. The number of ether oxygens (including phenoxy) is 4.